The zero-order valence-corrected chi connectivity index (χ0v) is 11.4. The Bertz CT molecular complexity index is 435. The summed E-state index contributed by atoms with van der Waals surface area (Å²) in [5.74, 6) is 1.57. The summed E-state index contributed by atoms with van der Waals surface area (Å²) in [5.41, 5.74) is 3.45. The van der Waals surface area contributed by atoms with Crippen molar-refractivity contribution in [2.24, 2.45) is 5.92 Å². The van der Waals surface area contributed by atoms with E-state index in [1.165, 1.54) is 18.5 Å². The number of hydrogen-bond donors (Lipinski definition) is 0. The predicted octanol–water partition coefficient (Wildman–Crippen LogP) is 3.58. The molecule has 0 radical (unpaired) electrons. The average molecular weight is 229 g/mol. The third kappa shape index (κ3) is 1.41. The Morgan fingerprint density at radius 2 is 1.94 bits per heavy atom. The van der Waals surface area contributed by atoms with Crippen molar-refractivity contribution in [1.29, 1.82) is 0 Å². The number of aryl methyl sites for hydroxylation is 1. The molecule has 2 heterocycles. The van der Waals surface area contributed by atoms with Crippen LogP contribution in [0, 0.1) is 12.8 Å². The van der Waals surface area contributed by atoms with E-state index in [2.05, 4.69) is 56.9 Å². The third-order valence-corrected chi connectivity index (χ3v) is 5.32. The quantitative estimate of drug-likeness (QED) is 0.711. The molecular formula is C16H23N. The molecule has 1 aromatic carbocycles. The van der Waals surface area contributed by atoms with E-state index in [9.17, 15) is 0 Å². The lowest BCUT2D eigenvalue weighted by molar-refractivity contribution is 0.169. The predicted molar refractivity (Wildman–Crippen MR) is 72.3 cm³/mol. The molecule has 2 bridgehead atoms. The van der Waals surface area contributed by atoms with Crippen LogP contribution in [0.4, 0.5) is 0 Å². The molecule has 92 valence electrons. The number of rotatable bonds is 1. The molecule has 0 aliphatic carbocycles. The van der Waals surface area contributed by atoms with Crippen molar-refractivity contribution in [3.05, 3.63) is 35.4 Å². The van der Waals surface area contributed by atoms with Gasteiger partial charge in [0, 0.05) is 17.5 Å². The van der Waals surface area contributed by atoms with Crippen LogP contribution in [0.15, 0.2) is 24.3 Å². The summed E-state index contributed by atoms with van der Waals surface area (Å²) < 4.78 is 0. The lowest BCUT2D eigenvalue weighted by Crippen LogP contribution is -2.39. The normalized spacial score (nSPS) is 38.6. The highest BCUT2D eigenvalue weighted by Gasteiger charge is 2.56. The van der Waals surface area contributed by atoms with Crippen LogP contribution in [0.5, 0.6) is 0 Å². The van der Waals surface area contributed by atoms with Crippen LogP contribution in [0.25, 0.3) is 0 Å². The summed E-state index contributed by atoms with van der Waals surface area (Å²) in [6, 6.07) is 9.65. The van der Waals surface area contributed by atoms with Gasteiger partial charge in [0.25, 0.3) is 0 Å². The van der Waals surface area contributed by atoms with Gasteiger partial charge >= 0.3 is 0 Å². The Labute approximate surface area is 105 Å². The molecule has 1 heteroatoms. The van der Waals surface area contributed by atoms with Gasteiger partial charge in [-0.3, -0.25) is 4.90 Å². The van der Waals surface area contributed by atoms with Crippen LogP contribution in [-0.2, 0) is 0 Å². The van der Waals surface area contributed by atoms with Gasteiger partial charge < -0.3 is 0 Å². The number of nitrogens with zero attached hydrogens (tertiary/aromatic N) is 1. The highest BCUT2D eigenvalue weighted by molar-refractivity contribution is 5.34. The van der Waals surface area contributed by atoms with Crippen LogP contribution >= 0.6 is 0 Å². The van der Waals surface area contributed by atoms with Gasteiger partial charge in [0.1, 0.15) is 0 Å². The van der Waals surface area contributed by atoms with Crippen LogP contribution in [0.1, 0.15) is 44.2 Å². The number of benzene rings is 1. The zero-order valence-electron chi connectivity index (χ0n) is 11.4. The largest absolute Gasteiger partial charge is 0.295 e. The first-order chi connectivity index (χ1) is 8.03. The molecule has 0 amide bonds. The molecule has 17 heavy (non-hydrogen) atoms. The first-order valence-corrected chi connectivity index (χ1v) is 6.85. The molecule has 0 N–H and O–H groups in total. The van der Waals surface area contributed by atoms with E-state index >= 15 is 0 Å². The second kappa shape index (κ2) is 3.58. The summed E-state index contributed by atoms with van der Waals surface area (Å²) in [6.07, 6.45) is 1.37. The van der Waals surface area contributed by atoms with Crippen molar-refractivity contribution >= 4 is 0 Å². The Kier molecular flexibility index (Phi) is 2.38. The van der Waals surface area contributed by atoms with Crippen LogP contribution in [0.2, 0.25) is 0 Å². The fourth-order valence-electron chi connectivity index (χ4n) is 4.45. The molecule has 2 saturated heterocycles. The molecule has 2 fully saturated rings. The topological polar surface area (TPSA) is 3.24 Å². The smallest absolute Gasteiger partial charge is 0.0191 e. The van der Waals surface area contributed by atoms with Crippen molar-refractivity contribution in [3.63, 3.8) is 0 Å². The number of fused-ring (bicyclic) bond motifs is 2. The van der Waals surface area contributed by atoms with Gasteiger partial charge in [-0.05, 0) is 57.7 Å². The van der Waals surface area contributed by atoms with E-state index < -0.39 is 0 Å². The van der Waals surface area contributed by atoms with E-state index in [-0.39, 0.29) is 0 Å². The summed E-state index contributed by atoms with van der Waals surface area (Å²) in [6.45, 7) is 10.8. The molecule has 3 unspecified atom stereocenters. The lowest BCUT2D eigenvalue weighted by Gasteiger charge is -2.31. The molecule has 0 saturated carbocycles. The van der Waals surface area contributed by atoms with Crippen molar-refractivity contribution in [3.8, 4) is 0 Å². The second-order valence-corrected chi connectivity index (χ2v) is 6.37. The van der Waals surface area contributed by atoms with E-state index in [1.807, 2.05) is 0 Å². The van der Waals surface area contributed by atoms with Crippen molar-refractivity contribution in [2.45, 2.75) is 51.6 Å². The fraction of sp³-hybridized carbons (Fsp3) is 0.625. The average Bonchev–Trinajstić information content (AvgIpc) is 2.66. The first kappa shape index (κ1) is 11.3. The zero-order chi connectivity index (χ0) is 12.2. The minimum absolute atomic E-state index is 0.395. The molecule has 4 atom stereocenters. The minimum atomic E-state index is 0.395. The van der Waals surface area contributed by atoms with E-state index in [0.717, 1.165) is 11.8 Å². The standard InChI is InChI=1S/C16H23N/c1-11-7-5-6-8-13(11)15-12(2)17-10-9-14(15)16(17,3)4/h5-8,12,14-15H,9-10H2,1-4H3/t12-,14?,15?/m1/s1. The van der Waals surface area contributed by atoms with Crippen molar-refractivity contribution < 1.29 is 0 Å². The molecule has 0 aromatic heterocycles. The summed E-state index contributed by atoms with van der Waals surface area (Å²) in [5, 5.41) is 0. The Morgan fingerprint density at radius 1 is 1.24 bits per heavy atom. The molecule has 2 aliphatic heterocycles. The Balaban J connectivity index is 2.04. The highest BCUT2D eigenvalue weighted by atomic mass is 15.3. The number of hydrogen-bond acceptors (Lipinski definition) is 1. The molecule has 1 nitrogen and oxygen atoms in total. The maximum atomic E-state index is 2.72. The van der Waals surface area contributed by atoms with Gasteiger partial charge in [-0.25, -0.2) is 0 Å². The van der Waals surface area contributed by atoms with Crippen molar-refractivity contribution in [2.75, 3.05) is 6.54 Å². The summed E-state index contributed by atoms with van der Waals surface area (Å²) in [7, 11) is 0. The van der Waals surface area contributed by atoms with Crippen molar-refractivity contribution in [1.82, 2.24) is 4.90 Å². The van der Waals surface area contributed by atoms with E-state index in [1.54, 1.807) is 5.56 Å². The van der Waals surface area contributed by atoms with E-state index in [0.29, 0.717) is 11.6 Å². The second-order valence-electron chi connectivity index (χ2n) is 6.37. The Hall–Kier alpha value is -0.820. The van der Waals surface area contributed by atoms with Gasteiger partial charge in [-0.2, -0.15) is 0 Å². The van der Waals surface area contributed by atoms with E-state index in [4.69, 9.17) is 0 Å². The summed E-state index contributed by atoms with van der Waals surface area (Å²) in [4.78, 5) is 2.72. The Morgan fingerprint density at radius 3 is 2.53 bits per heavy atom. The maximum Gasteiger partial charge on any atom is 0.0191 e. The molecule has 0 spiro atoms. The molecular weight excluding hydrogens is 206 g/mol. The monoisotopic (exact) mass is 229 g/mol. The van der Waals surface area contributed by atoms with Crippen LogP contribution in [0.3, 0.4) is 0 Å². The van der Waals surface area contributed by atoms with Gasteiger partial charge in [-0.15, -0.1) is 0 Å². The molecule has 2 aliphatic rings. The van der Waals surface area contributed by atoms with Crippen LogP contribution < -0.4 is 0 Å². The third-order valence-electron chi connectivity index (χ3n) is 5.32. The molecule has 1 aromatic rings. The van der Waals surface area contributed by atoms with Crippen LogP contribution in [-0.4, -0.2) is 23.0 Å². The molecule has 3 rings (SSSR count). The number of piperidine rings is 1. The van der Waals surface area contributed by atoms with Gasteiger partial charge in [0.15, 0.2) is 0 Å². The lowest BCUT2D eigenvalue weighted by atomic mass is 9.75. The van der Waals surface area contributed by atoms with Gasteiger partial charge in [0.05, 0.1) is 0 Å². The highest BCUT2D eigenvalue weighted by Crippen LogP contribution is 2.54. The minimum Gasteiger partial charge on any atom is -0.295 e. The van der Waals surface area contributed by atoms with Gasteiger partial charge in [-0.1, -0.05) is 24.3 Å². The maximum absolute atomic E-state index is 2.72. The SMILES string of the molecule is Cc1ccccc1C1C2CCN([C@@H]1C)C2(C)C. The van der Waals surface area contributed by atoms with Gasteiger partial charge in [0.2, 0.25) is 0 Å². The fourth-order valence-corrected chi connectivity index (χ4v) is 4.45. The first-order valence-electron chi connectivity index (χ1n) is 6.85. The summed E-state index contributed by atoms with van der Waals surface area (Å²) >= 11 is 0.